The molecule has 0 atom stereocenters. The van der Waals surface area contributed by atoms with Crippen LogP contribution in [0, 0.1) is 0 Å². The van der Waals surface area contributed by atoms with Gasteiger partial charge >= 0.3 is 228 Å². The van der Waals surface area contributed by atoms with Gasteiger partial charge in [0.05, 0.1) is 6.61 Å². The molecule has 0 fully saturated rings. The Morgan fingerprint density at radius 3 is 2.00 bits per heavy atom. The first-order valence-corrected chi connectivity index (χ1v) is 16.7. The third-order valence-electron chi connectivity index (χ3n) is 8.09. The summed E-state index contributed by atoms with van der Waals surface area (Å²) in [5.41, 5.74) is 8.41. The molecule has 6 heteroatoms. The molecule has 1 aliphatic heterocycles. The van der Waals surface area contributed by atoms with Crippen molar-refractivity contribution in [1.82, 2.24) is 4.98 Å². The number of fused-ring (bicyclic) bond motifs is 3. The molecule has 1 N–H and O–H groups in total. The minimum absolute atomic E-state index is 0.195. The summed E-state index contributed by atoms with van der Waals surface area (Å²) >= 11 is 0.195. The molecular weight excluding hydrogens is 623 g/mol. The van der Waals surface area contributed by atoms with Gasteiger partial charge in [-0.15, -0.1) is 0 Å². The van der Waals surface area contributed by atoms with Crippen LogP contribution in [0.3, 0.4) is 0 Å². The van der Waals surface area contributed by atoms with E-state index in [9.17, 15) is 9.90 Å². The van der Waals surface area contributed by atoms with Gasteiger partial charge in [0.25, 0.3) is 0 Å². The van der Waals surface area contributed by atoms with Gasteiger partial charge in [-0.25, -0.2) is 4.79 Å². The molecule has 2 heterocycles. The van der Waals surface area contributed by atoms with E-state index in [1.165, 1.54) is 20.3 Å². The second-order valence-electron chi connectivity index (χ2n) is 11.5. The Kier molecular flexibility index (Phi) is 7.50. The van der Waals surface area contributed by atoms with Crippen LogP contribution in [0.25, 0.3) is 33.3 Å². The van der Waals surface area contributed by atoms with Crippen molar-refractivity contribution in [1.29, 1.82) is 0 Å². The number of para-hydroxylation sites is 3. The van der Waals surface area contributed by atoms with Crippen LogP contribution in [0.15, 0.2) is 121 Å². The van der Waals surface area contributed by atoms with Gasteiger partial charge in [0.2, 0.25) is 0 Å². The van der Waals surface area contributed by atoms with Crippen molar-refractivity contribution >= 4 is 57.8 Å². The molecule has 0 radical (unpaired) electrons. The second-order valence-corrected chi connectivity index (χ2v) is 13.8. The third kappa shape index (κ3) is 5.42. The normalized spacial score (nSPS) is 12.5. The van der Waals surface area contributed by atoms with Crippen LogP contribution < -0.4 is 13.8 Å². The summed E-state index contributed by atoms with van der Waals surface area (Å²) in [7, 11) is 0. The maximum absolute atomic E-state index is 12.4. The van der Waals surface area contributed by atoms with E-state index < -0.39 is 5.60 Å². The molecule has 45 heavy (non-hydrogen) atoms. The van der Waals surface area contributed by atoms with Gasteiger partial charge < -0.3 is 9.84 Å². The summed E-state index contributed by atoms with van der Waals surface area (Å²) in [5, 5.41) is 11.6. The standard InChI is InChI=1S/C39H32N2O3Se/c1-4-44-38(42)27-18-16-26(17-19-27)31-24-30(25-20-22-28(23-21-25)39(2,3)43)29-10-9-13-34(37(29)40-31)41-32-11-5-7-14-35(32)45-36-15-8-6-12-33(36)41/h5-24,43H,4H2,1-3H3. The molecule has 0 aliphatic carbocycles. The summed E-state index contributed by atoms with van der Waals surface area (Å²) in [6, 6.07) is 41.3. The monoisotopic (exact) mass is 656 g/mol. The summed E-state index contributed by atoms with van der Waals surface area (Å²) in [4.78, 5) is 20.0. The van der Waals surface area contributed by atoms with Gasteiger partial charge in [-0.2, -0.15) is 0 Å². The molecule has 0 saturated heterocycles. The quantitative estimate of drug-likeness (QED) is 0.149. The number of pyridine rings is 1. The van der Waals surface area contributed by atoms with Gasteiger partial charge in [-0.1, -0.05) is 0 Å². The average molecular weight is 656 g/mol. The number of rotatable bonds is 6. The zero-order valence-corrected chi connectivity index (χ0v) is 27.0. The molecular formula is C39H32N2O3Se. The number of hydrogen-bond donors (Lipinski definition) is 1. The summed E-state index contributed by atoms with van der Waals surface area (Å²) in [6.07, 6.45) is 0. The van der Waals surface area contributed by atoms with E-state index in [-0.39, 0.29) is 20.9 Å². The van der Waals surface area contributed by atoms with E-state index >= 15 is 0 Å². The van der Waals surface area contributed by atoms with E-state index in [0.29, 0.717) is 12.2 Å². The van der Waals surface area contributed by atoms with Crippen molar-refractivity contribution in [3.63, 3.8) is 0 Å². The Labute approximate surface area is 269 Å². The van der Waals surface area contributed by atoms with E-state index in [0.717, 1.165) is 44.5 Å². The molecule has 0 saturated carbocycles. The van der Waals surface area contributed by atoms with Crippen LogP contribution >= 0.6 is 0 Å². The molecule has 0 bridgehead atoms. The Morgan fingerprint density at radius 1 is 0.778 bits per heavy atom. The Bertz CT molecular complexity index is 2000. The van der Waals surface area contributed by atoms with Crippen LogP contribution in [0.4, 0.5) is 17.1 Å². The predicted molar refractivity (Wildman–Crippen MR) is 184 cm³/mol. The first-order chi connectivity index (χ1) is 21.8. The fourth-order valence-corrected chi connectivity index (χ4v) is 8.03. The van der Waals surface area contributed by atoms with Crippen LogP contribution in [0.5, 0.6) is 0 Å². The fraction of sp³-hybridized carbons (Fsp3) is 0.128. The number of carbonyl (C=O) groups is 1. The van der Waals surface area contributed by atoms with Crippen molar-refractivity contribution in [3.8, 4) is 22.4 Å². The van der Waals surface area contributed by atoms with Crippen LogP contribution in [-0.4, -0.2) is 37.6 Å². The number of benzene rings is 5. The molecule has 1 aliphatic rings. The Balaban J connectivity index is 1.47. The molecule has 0 unspecified atom stereocenters. The molecule has 5 aromatic carbocycles. The first kappa shape index (κ1) is 29.0. The number of aromatic nitrogens is 1. The number of carbonyl (C=O) groups excluding carboxylic acids is 1. The van der Waals surface area contributed by atoms with Crippen molar-refractivity contribution < 1.29 is 14.6 Å². The number of aliphatic hydroxyl groups is 1. The second kappa shape index (κ2) is 11.6. The Morgan fingerprint density at radius 2 is 1.38 bits per heavy atom. The molecule has 0 amide bonds. The molecule has 6 aromatic rings. The predicted octanol–water partition coefficient (Wildman–Crippen LogP) is 7.41. The SMILES string of the molecule is CCOC(=O)c1ccc(-c2cc(-c3ccc(C(C)(C)O)cc3)c3cccc(N4c5ccccc5[Se]c5ccccc54)c3n2)cc1. The molecule has 7 rings (SSSR count). The van der Waals surface area contributed by atoms with Crippen molar-refractivity contribution in [2.75, 3.05) is 11.5 Å². The molecule has 222 valence electrons. The average Bonchev–Trinajstić information content (AvgIpc) is 3.06. The van der Waals surface area contributed by atoms with Gasteiger partial charge in [0.1, 0.15) is 0 Å². The van der Waals surface area contributed by atoms with Gasteiger partial charge in [-0.3, -0.25) is 0 Å². The fourth-order valence-electron chi connectivity index (χ4n) is 5.81. The van der Waals surface area contributed by atoms with Gasteiger partial charge in [-0.05, 0) is 20.8 Å². The number of nitrogens with zero attached hydrogens (tertiary/aromatic N) is 2. The van der Waals surface area contributed by atoms with Gasteiger partial charge in [0, 0.05) is 0 Å². The number of ether oxygens (including phenoxy) is 1. The van der Waals surface area contributed by atoms with Gasteiger partial charge in [0.15, 0.2) is 0 Å². The van der Waals surface area contributed by atoms with E-state index in [2.05, 4.69) is 89.8 Å². The van der Waals surface area contributed by atoms with E-state index in [1.807, 2.05) is 24.3 Å². The van der Waals surface area contributed by atoms with Crippen molar-refractivity contribution in [3.05, 3.63) is 132 Å². The summed E-state index contributed by atoms with van der Waals surface area (Å²) < 4.78 is 7.86. The maximum atomic E-state index is 12.4. The van der Waals surface area contributed by atoms with Crippen LogP contribution in [0.1, 0.15) is 36.7 Å². The summed E-state index contributed by atoms with van der Waals surface area (Å²) in [6.45, 7) is 5.72. The number of esters is 1. The van der Waals surface area contributed by atoms with Crippen LogP contribution in [-0.2, 0) is 10.3 Å². The van der Waals surface area contributed by atoms with Crippen molar-refractivity contribution in [2.45, 2.75) is 26.4 Å². The minimum atomic E-state index is -0.936. The zero-order valence-electron chi connectivity index (χ0n) is 25.3. The first-order valence-electron chi connectivity index (χ1n) is 15.0. The molecule has 5 nitrogen and oxygen atoms in total. The summed E-state index contributed by atoms with van der Waals surface area (Å²) in [5.74, 6) is -0.339. The van der Waals surface area contributed by atoms with E-state index in [1.54, 1.807) is 32.9 Å². The topological polar surface area (TPSA) is 62.7 Å². The van der Waals surface area contributed by atoms with Crippen molar-refractivity contribution in [2.24, 2.45) is 0 Å². The van der Waals surface area contributed by atoms with E-state index in [4.69, 9.17) is 9.72 Å². The number of anilines is 3. The zero-order chi connectivity index (χ0) is 31.1. The molecule has 0 spiro atoms. The number of hydrogen-bond acceptors (Lipinski definition) is 5. The molecule has 1 aromatic heterocycles. The van der Waals surface area contributed by atoms with Crippen LogP contribution in [0.2, 0.25) is 0 Å². The Hall–Kier alpha value is -4.74. The third-order valence-corrected chi connectivity index (χ3v) is 10.5.